The van der Waals surface area contributed by atoms with E-state index in [1.54, 1.807) is 10.4 Å². The summed E-state index contributed by atoms with van der Waals surface area (Å²) in [4.78, 5) is 4.58. The van der Waals surface area contributed by atoms with Crippen LogP contribution in [0.3, 0.4) is 0 Å². The molecule has 0 radical (unpaired) electrons. The van der Waals surface area contributed by atoms with Crippen molar-refractivity contribution < 1.29 is 0 Å². The van der Waals surface area contributed by atoms with Crippen LogP contribution in [-0.2, 0) is 13.1 Å². The van der Waals surface area contributed by atoms with E-state index in [9.17, 15) is 0 Å². The topological polar surface area (TPSA) is 6.48 Å². The van der Waals surface area contributed by atoms with Crippen LogP contribution in [0.4, 0.5) is 0 Å². The molecule has 0 unspecified atom stereocenters. The lowest BCUT2D eigenvalue weighted by Gasteiger charge is -2.27. The van der Waals surface area contributed by atoms with E-state index in [0.29, 0.717) is 0 Å². The Kier molecular flexibility index (Phi) is 6.57. The third kappa shape index (κ3) is 4.32. The van der Waals surface area contributed by atoms with Crippen LogP contribution in [0.2, 0.25) is 0 Å². The molecule has 0 atom stereocenters. The average molecular weight is 475 g/mol. The van der Waals surface area contributed by atoms with Crippen molar-refractivity contribution in [2.75, 3.05) is 28.2 Å². The van der Waals surface area contributed by atoms with Gasteiger partial charge in [-0.05, 0) is 71.2 Å². The van der Waals surface area contributed by atoms with Gasteiger partial charge < -0.3 is 9.80 Å². The molecule has 176 valence electrons. The van der Waals surface area contributed by atoms with Crippen molar-refractivity contribution >= 4 is 28.8 Å². The predicted molar refractivity (Wildman–Crippen MR) is 152 cm³/mol. The Morgan fingerprint density at radius 1 is 0.457 bits per heavy atom. The first kappa shape index (κ1) is 23.5. The summed E-state index contributed by atoms with van der Waals surface area (Å²) in [5, 5.41) is 6.17. The highest BCUT2D eigenvalue weighted by Crippen LogP contribution is 2.54. The monoisotopic (exact) mass is 474 g/mol. The molecule has 5 rings (SSSR count). The van der Waals surface area contributed by atoms with E-state index in [0.717, 1.165) is 13.1 Å². The molecule has 3 heteroatoms. The van der Waals surface area contributed by atoms with E-state index in [-0.39, 0.29) is 0 Å². The lowest BCUT2D eigenvalue weighted by molar-refractivity contribution is 0.403. The molecule has 1 heterocycles. The molecule has 2 nitrogen and oxygen atoms in total. The van der Waals surface area contributed by atoms with Gasteiger partial charge in [-0.25, -0.2) is 0 Å². The number of nitrogens with zero attached hydrogens (tertiary/aromatic N) is 2. The SMILES string of the molecule is CN(C)Cc1ccccc1[Si]1(c2ccccc2CN(C)C)C(c2ccccc2)=C1c1ccccc1. The van der Waals surface area contributed by atoms with Crippen LogP contribution in [0.5, 0.6) is 0 Å². The van der Waals surface area contributed by atoms with Crippen LogP contribution >= 0.6 is 0 Å². The van der Waals surface area contributed by atoms with Crippen molar-refractivity contribution in [1.29, 1.82) is 0 Å². The average Bonchev–Trinajstić information content (AvgIpc) is 3.56. The lowest BCUT2D eigenvalue weighted by Crippen LogP contribution is -2.53. The molecular weight excluding hydrogens is 440 g/mol. The van der Waals surface area contributed by atoms with Gasteiger partial charge in [0.2, 0.25) is 0 Å². The number of benzene rings is 4. The molecule has 4 aromatic rings. The largest absolute Gasteiger partial charge is 0.305 e. The summed E-state index contributed by atoms with van der Waals surface area (Å²) in [6, 6.07) is 40.5. The second-order valence-electron chi connectivity index (χ2n) is 10.0. The van der Waals surface area contributed by atoms with Crippen molar-refractivity contribution in [2.24, 2.45) is 0 Å². The highest BCUT2D eigenvalue weighted by Gasteiger charge is 2.60. The number of hydrogen-bond acceptors (Lipinski definition) is 2. The maximum absolute atomic E-state index is 2.41. The van der Waals surface area contributed by atoms with Crippen LogP contribution in [-0.4, -0.2) is 46.1 Å². The fourth-order valence-electron chi connectivity index (χ4n) is 5.63. The zero-order valence-corrected chi connectivity index (χ0v) is 22.2. The summed E-state index contributed by atoms with van der Waals surface area (Å²) in [7, 11) is 6.28. The van der Waals surface area contributed by atoms with Crippen molar-refractivity contribution in [2.45, 2.75) is 13.1 Å². The molecule has 0 saturated carbocycles. The van der Waals surface area contributed by atoms with Gasteiger partial charge in [0.25, 0.3) is 0 Å². The van der Waals surface area contributed by atoms with Gasteiger partial charge in [0.1, 0.15) is 0 Å². The third-order valence-corrected chi connectivity index (χ3v) is 11.8. The first-order valence-electron chi connectivity index (χ1n) is 12.4. The van der Waals surface area contributed by atoms with Crippen molar-refractivity contribution in [3.63, 3.8) is 0 Å². The maximum Gasteiger partial charge on any atom is 0.181 e. The quantitative estimate of drug-likeness (QED) is 0.329. The highest BCUT2D eigenvalue weighted by atomic mass is 28.3. The maximum atomic E-state index is 2.41. The molecule has 1 aliphatic heterocycles. The Balaban J connectivity index is 1.84. The molecular formula is C32H34N2Si. The van der Waals surface area contributed by atoms with Gasteiger partial charge in [-0.15, -0.1) is 0 Å². The minimum atomic E-state index is -2.39. The Morgan fingerprint density at radius 3 is 1.17 bits per heavy atom. The normalized spacial score (nSPS) is 14.6. The first-order valence-corrected chi connectivity index (χ1v) is 14.4. The van der Waals surface area contributed by atoms with Gasteiger partial charge >= 0.3 is 0 Å². The fraction of sp³-hybridized carbons (Fsp3) is 0.188. The fourth-order valence-corrected chi connectivity index (χ4v) is 11.4. The summed E-state index contributed by atoms with van der Waals surface area (Å²) in [5.41, 5.74) is 5.58. The molecule has 0 N–H and O–H groups in total. The second-order valence-corrected chi connectivity index (χ2v) is 13.6. The van der Waals surface area contributed by atoms with E-state index in [4.69, 9.17) is 0 Å². The van der Waals surface area contributed by atoms with Gasteiger partial charge in [-0.1, -0.05) is 109 Å². The Hall–Kier alpha value is -3.24. The highest BCUT2D eigenvalue weighted by molar-refractivity contribution is 7.39. The van der Waals surface area contributed by atoms with Crippen molar-refractivity contribution in [1.82, 2.24) is 9.80 Å². The second kappa shape index (κ2) is 9.78. The van der Waals surface area contributed by atoms with Crippen molar-refractivity contribution in [3.05, 3.63) is 131 Å². The molecule has 0 amide bonds. The minimum Gasteiger partial charge on any atom is -0.305 e. The summed E-state index contributed by atoms with van der Waals surface area (Å²) >= 11 is 0. The number of rotatable bonds is 8. The first-order chi connectivity index (χ1) is 17.0. The van der Waals surface area contributed by atoms with Crippen LogP contribution in [0.15, 0.2) is 109 Å². The van der Waals surface area contributed by atoms with Crippen LogP contribution in [0, 0.1) is 0 Å². The van der Waals surface area contributed by atoms with Gasteiger partial charge in [-0.3, -0.25) is 0 Å². The van der Waals surface area contributed by atoms with Crippen LogP contribution < -0.4 is 10.4 Å². The van der Waals surface area contributed by atoms with Crippen LogP contribution in [0.1, 0.15) is 22.3 Å². The molecule has 0 fully saturated rings. The Labute approximate surface area is 211 Å². The Morgan fingerprint density at radius 2 is 0.800 bits per heavy atom. The summed E-state index contributed by atoms with van der Waals surface area (Å²) < 4.78 is 0. The van der Waals surface area contributed by atoms with E-state index in [1.165, 1.54) is 32.6 Å². The van der Waals surface area contributed by atoms with Crippen LogP contribution in [0.25, 0.3) is 10.4 Å². The number of hydrogen-bond donors (Lipinski definition) is 0. The summed E-state index contributed by atoms with van der Waals surface area (Å²) in [6.07, 6.45) is 0. The predicted octanol–water partition coefficient (Wildman–Crippen LogP) is 5.08. The third-order valence-electron chi connectivity index (χ3n) is 6.88. The molecule has 0 aromatic heterocycles. The molecule has 0 aliphatic carbocycles. The van der Waals surface area contributed by atoms with E-state index in [1.807, 2.05) is 0 Å². The molecule has 4 aromatic carbocycles. The summed E-state index contributed by atoms with van der Waals surface area (Å²) in [6.45, 7) is 1.87. The lowest BCUT2D eigenvalue weighted by atomic mass is 10.1. The minimum absolute atomic E-state index is 0.935. The van der Waals surface area contributed by atoms with Gasteiger partial charge in [0.15, 0.2) is 8.07 Å². The molecule has 0 saturated heterocycles. The summed E-state index contributed by atoms with van der Waals surface area (Å²) in [5.74, 6) is 0. The van der Waals surface area contributed by atoms with Gasteiger partial charge in [-0.2, -0.15) is 0 Å². The zero-order valence-electron chi connectivity index (χ0n) is 21.2. The molecule has 0 spiro atoms. The van der Waals surface area contributed by atoms with E-state index in [2.05, 4.69) is 147 Å². The molecule has 0 bridgehead atoms. The zero-order chi connectivity index (χ0) is 24.4. The van der Waals surface area contributed by atoms with Crippen molar-refractivity contribution in [3.8, 4) is 0 Å². The van der Waals surface area contributed by atoms with Gasteiger partial charge in [0.05, 0.1) is 0 Å². The molecule has 35 heavy (non-hydrogen) atoms. The standard InChI is InChI=1S/C32H34N2Si/c1-33(2)23-27-19-11-13-21-29(27)35(30-22-14-12-20-28(30)24-34(3)4)31(25-15-7-5-8-16-25)32(35)26-17-9-6-10-18-26/h5-22H,23-24H2,1-4H3. The van der Waals surface area contributed by atoms with E-state index < -0.39 is 8.07 Å². The molecule has 1 aliphatic rings. The van der Waals surface area contributed by atoms with Gasteiger partial charge in [0, 0.05) is 13.1 Å². The smallest absolute Gasteiger partial charge is 0.181 e. The van der Waals surface area contributed by atoms with E-state index >= 15 is 0 Å². The Bertz CT molecular complexity index is 1240.